The molecule has 1 amide bonds. The number of fused-ring (bicyclic) bond motifs is 1. The van der Waals surface area contributed by atoms with Crippen LogP contribution in [0.1, 0.15) is 31.9 Å². The van der Waals surface area contributed by atoms with E-state index in [0.29, 0.717) is 6.42 Å². The van der Waals surface area contributed by atoms with Gasteiger partial charge in [-0.25, -0.2) is 0 Å². The lowest BCUT2D eigenvalue weighted by Gasteiger charge is -2.19. The van der Waals surface area contributed by atoms with Gasteiger partial charge in [-0.3, -0.25) is 9.63 Å². The lowest BCUT2D eigenvalue weighted by molar-refractivity contribution is -0.161. The number of carbonyl (C=O) groups excluding carboxylic acids is 1. The molecule has 1 aliphatic heterocycles. The molecule has 2 aromatic rings. The Labute approximate surface area is 135 Å². The smallest absolute Gasteiger partial charge is 0.272 e. The normalized spacial score (nSPS) is 23.9. The molecule has 0 saturated carbocycles. The van der Waals surface area contributed by atoms with Gasteiger partial charge in [-0.05, 0) is 23.9 Å². The largest absolute Gasteiger partial charge is 0.357 e. The van der Waals surface area contributed by atoms with Gasteiger partial charge < -0.3 is 4.98 Å². The fourth-order valence-corrected chi connectivity index (χ4v) is 3.25. The van der Waals surface area contributed by atoms with E-state index in [1.165, 1.54) is 12.2 Å². The van der Waals surface area contributed by atoms with Crippen LogP contribution in [0.4, 0.5) is 0 Å². The molecule has 0 spiro atoms. The van der Waals surface area contributed by atoms with E-state index in [1.807, 2.05) is 30.3 Å². The number of aromatic nitrogens is 1. The lowest BCUT2D eigenvalue weighted by atomic mass is 10.0. The van der Waals surface area contributed by atoms with Crippen LogP contribution in [0.25, 0.3) is 10.9 Å². The number of hydrogen-bond acceptors (Lipinski definition) is 3. The summed E-state index contributed by atoms with van der Waals surface area (Å²) in [5, 5.41) is 2.45. The number of carbonyl (C=O) groups is 1. The van der Waals surface area contributed by atoms with Crippen LogP contribution >= 0.6 is 12.6 Å². The molecule has 1 aliphatic rings. The van der Waals surface area contributed by atoms with Gasteiger partial charge in [0.05, 0.1) is 7.11 Å². The Balaban J connectivity index is 2.02. The lowest BCUT2D eigenvalue weighted by Crippen LogP contribution is -2.33. The number of thiol groups is 1. The van der Waals surface area contributed by atoms with E-state index >= 15 is 0 Å². The van der Waals surface area contributed by atoms with Gasteiger partial charge in [0.1, 0.15) is 4.75 Å². The second kappa shape index (κ2) is 5.82. The fraction of sp³-hybridized carbons (Fsp3) is 0.353. The predicted molar refractivity (Wildman–Crippen MR) is 90.4 cm³/mol. The van der Waals surface area contributed by atoms with Crippen molar-refractivity contribution in [3.05, 3.63) is 47.8 Å². The summed E-state index contributed by atoms with van der Waals surface area (Å²) in [5.74, 6) is -0.146. The van der Waals surface area contributed by atoms with Crippen LogP contribution < -0.4 is 0 Å². The van der Waals surface area contributed by atoms with Gasteiger partial charge in [0, 0.05) is 23.3 Å². The monoisotopic (exact) mass is 316 g/mol. The average Bonchev–Trinajstić information content (AvgIpc) is 3.06. The Morgan fingerprint density at radius 2 is 2.23 bits per heavy atom. The van der Waals surface area contributed by atoms with Gasteiger partial charge in [-0.2, -0.15) is 17.7 Å². The molecule has 22 heavy (non-hydrogen) atoms. The third-order valence-corrected chi connectivity index (χ3v) is 4.65. The third kappa shape index (κ3) is 2.34. The van der Waals surface area contributed by atoms with Crippen LogP contribution in [0.3, 0.4) is 0 Å². The maximum absolute atomic E-state index is 12.8. The van der Waals surface area contributed by atoms with E-state index in [9.17, 15) is 4.79 Å². The van der Waals surface area contributed by atoms with E-state index in [1.54, 1.807) is 0 Å². The quantitative estimate of drug-likeness (QED) is 0.843. The summed E-state index contributed by atoms with van der Waals surface area (Å²) in [6.07, 6.45) is 4.53. The summed E-state index contributed by atoms with van der Waals surface area (Å²) < 4.78 is -0.908. The van der Waals surface area contributed by atoms with E-state index in [4.69, 9.17) is 17.5 Å². The molecule has 116 valence electrons. The van der Waals surface area contributed by atoms with E-state index in [-0.39, 0.29) is 5.91 Å². The Bertz CT molecular complexity index is 704. The summed E-state index contributed by atoms with van der Waals surface area (Å²) >= 11 is 4.73. The molecule has 1 saturated heterocycles. The number of H-pyrrole nitrogens is 1. The van der Waals surface area contributed by atoms with E-state index < -0.39 is 4.75 Å². The maximum Gasteiger partial charge on any atom is 0.272 e. The Hall–Kier alpha value is -1.72. The zero-order valence-electron chi connectivity index (χ0n) is 12.8. The van der Waals surface area contributed by atoms with Gasteiger partial charge in [-0.15, -0.1) is 0 Å². The molecule has 0 aliphatic carbocycles. The maximum atomic E-state index is 12.8. The van der Waals surface area contributed by atoms with Crippen LogP contribution in [0.15, 0.2) is 42.1 Å². The number of hydrogen-bond donors (Lipinski definition) is 2. The van der Waals surface area contributed by atoms with Crippen LogP contribution in [0.5, 0.6) is 0 Å². The average molecular weight is 316 g/mol. The summed E-state index contributed by atoms with van der Waals surface area (Å²) in [5.41, 5.74) is 2.70. The predicted octanol–water partition coefficient (Wildman–Crippen LogP) is 3.77. The van der Waals surface area contributed by atoms with Crippen molar-refractivity contribution >= 4 is 29.4 Å². The van der Waals surface area contributed by atoms with Gasteiger partial charge >= 0.3 is 0 Å². The third-order valence-electron chi connectivity index (χ3n) is 4.06. The fourth-order valence-electron chi connectivity index (χ4n) is 2.88. The highest BCUT2D eigenvalue weighted by molar-refractivity contribution is 7.82. The first kappa shape index (κ1) is 15.2. The van der Waals surface area contributed by atoms with Crippen molar-refractivity contribution in [3.63, 3.8) is 0 Å². The molecular weight excluding hydrogens is 296 g/mol. The second-order valence-electron chi connectivity index (χ2n) is 5.57. The minimum atomic E-state index is -0.908. The number of hydroxylamine groups is 2. The van der Waals surface area contributed by atoms with Crippen LogP contribution in [-0.2, 0) is 14.4 Å². The first-order valence-electron chi connectivity index (χ1n) is 7.48. The summed E-state index contributed by atoms with van der Waals surface area (Å²) in [6.45, 7) is 2.11. The molecule has 1 aromatic carbocycles. The van der Waals surface area contributed by atoms with Crippen LogP contribution in [0, 0.1) is 0 Å². The zero-order chi connectivity index (χ0) is 15.7. The number of para-hydroxylation sites is 1. The topological polar surface area (TPSA) is 45.3 Å². The van der Waals surface area contributed by atoms with Crippen molar-refractivity contribution in [1.29, 1.82) is 0 Å². The van der Waals surface area contributed by atoms with Crippen molar-refractivity contribution < 1.29 is 9.63 Å². The highest BCUT2D eigenvalue weighted by Gasteiger charge is 2.49. The Morgan fingerprint density at radius 1 is 1.45 bits per heavy atom. The molecule has 3 rings (SSSR count). The molecule has 1 aromatic heterocycles. The molecule has 0 radical (unpaired) electrons. The van der Waals surface area contributed by atoms with Crippen LogP contribution in [-0.4, -0.2) is 23.1 Å². The van der Waals surface area contributed by atoms with Crippen molar-refractivity contribution in [2.24, 2.45) is 0 Å². The number of nitrogens with one attached hydrogen (secondary N) is 1. The molecule has 1 atom stereocenters. The first-order valence-corrected chi connectivity index (χ1v) is 7.93. The molecule has 1 unspecified atom stereocenters. The summed E-state index contributed by atoms with van der Waals surface area (Å²) in [7, 11) is 1.52. The SMILES string of the molecule is CCCC=C1CC(S)(c2cc3ccccc3[nH]2)C(=O)N1OC. The van der Waals surface area contributed by atoms with Crippen molar-refractivity contribution in [1.82, 2.24) is 10.0 Å². The summed E-state index contributed by atoms with van der Waals surface area (Å²) in [4.78, 5) is 21.4. The minimum Gasteiger partial charge on any atom is -0.357 e. The van der Waals surface area contributed by atoms with Gasteiger partial charge in [-0.1, -0.05) is 37.6 Å². The van der Waals surface area contributed by atoms with E-state index in [2.05, 4.69) is 18.0 Å². The van der Waals surface area contributed by atoms with Crippen LogP contribution in [0.2, 0.25) is 0 Å². The van der Waals surface area contributed by atoms with E-state index in [0.717, 1.165) is 35.1 Å². The Morgan fingerprint density at radius 3 is 2.91 bits per heavy atom. The molecule has 5 heteroatoms. The highest BCUT2D eigenvalue weighted by Crippen LogP contribution is 2.44. The van der Waals surface area contributed by atoms with Gasteiger partial charge in [0.25, 0.3) is 5.91 Å². The molecular formula is C17H20N2O2S. The molecule has 1 N–H and O–H groups in total. The van der Waals surface area contributed by atoms with Gasteiger partial charge in [0.15, 0.2) is 0 Å². The van der Waals surface area contributed by atoms with Gasteiger partial charge in [0.2, 0.25) is 0 Å². The van der Waals surface area contributed by atoms with Crippen molar-refractivity contribution in [2.45, 2.75) is 30.9 Å². The molecule has 2 heterocycles. The highest BCUT2D eigenvalue weighted by atomic mass is 32.1. The minimum absolute atomic E-state index is 0.146. The number of benzene rings is 1. The molecule has 1 fully saturated rings. The number of unbranched alkanes of at least 4 members (excludes halogenated alkanes) is 1. The molecule has 0 bridgehead atoms. The number of aromatic amines is 1. The standard InChI is InChI=1S/C17H20N2O2S/c1-3-4-8-13-11-17(22,16(20)19(13)21-2)15-10-12-7-5-6-9-14(12)18-15/h5-10,18,22H,3-4,11H2,1-2H3. The number of allylic oxidation sites excluding steroid dienone is 2. The number of nitrogens with zero attached hydrogens (tertiary/aromatic N) is 1. The number of rotatable bonds is 4. The zero-order valence-corrected chi connectivity index (χ0v) is 13.7. The van der Waals surface area contributed by atoms with Crippen molar-refractivity contribution in [2.75, 3.05) is 7.11 Å². The van der Waals surface area contributed by atoms with Crippen molar-refractivity contribution in [3.8, 4) is 0 Å². The number of amides is 1. The molecule has 4 nitrogen and oxygen atoms in total. The Kier molecular flexibility index (Phi) is 4.02. The second-order valence-corrected chi connectivity index (χ2v) is 6.34. The summed E-state index contributed by atoms with van der Waals surface area (Å²) in [6, 6.07) is 9.97. The first-order chi connectivity index (χ1) is 10.6.